The molecule has 11 heteroatoms. The molecule has 0 saturated heterocycles. The highest BCUT2D eigenvalue weighted by molar-refractivity contribution is 7.94. The highest BCUT2D eigenvalue weighted by Crippen LogP contribution is 2.39. The molecule has 0 amide bonds. The number of fused-ring (bicyclic) bond motifs is 1. The second-order valence-corrected chi connectivity index (χ2v) is 11.3. The Balaban J connectivity index is 1.74. The molecular weight excluding hydrogens is 498 g/mol. The number of carbonyl (C=O) groups is 1. The topological polar surface area (TPSA) is 96.8 Å². The number of alkyl halides is 1. The van der Waals surface area contributed by atoms with Gasteiger partial charge in [0.25, 0.3) is 10.0 Å². The van der Waals surface area contributed by atoms with Gasteiger partial charge in [0.1, 0.15) is 24.3 Å². The Hall–Kier alpha value is -3.05. The maximum atomic E-state index is 14.2. The van der Waals surface area contributed by atoms with Crippen LogP contribution in [0.3, 0.4) is 0 Å². The summed E-state index contributed by atoms with van der Waals surface area (Å²) in [5, 5.41) is 10.6. The number of thiazole rings is 1. The molecule has 3 aromatic rings. The van der Waals surface area contributed by atoms with Crippen LogP contribution in [0.4, 0.5) is 14.5 Å². The normalized spacial score (nSPS) is 13.9. The van der Waals surface area contributed by atoms with Crippen molar-refractivity contribution in [3.05, 3.63) is 69.5 Å². The number of rotatable bonds is 9. The van der Waals surface area contributed by atoms with E-state index in [2.05, 4.69) is 4.98 Å². The molecule has 0 fully saturated rings. The zero-order valence-electron chi connectivity index (χ0n) is 19.1. The molecule has 0 radical (unpaired) electrons. The molecule has 0 unspecified atom stereocenters. The number of nitrogens with zero attached hydrogens (tertiary/aromatic N) is 2. The fourth-order valence-corrected chi connectivity index (χ4v) is 6.65. The van der Waals surface area contributed by atoms with Gasteiger partial charge in [-0.3, -0.25) is 4.31 Å². The van der Waals surface area contributed by atoms with Crippen LogP contribution < -0.4 is 9.04 Å². The van der Waals surface area contributed by atoms with Gasteiger partial charge in [0, 0.05) is 11.1 Å². The third-order valence-electron chi connectivity index (χ3n) is 5.63. The van der Waals surface area contributed by atoms with Gasteiger partial charge in [-0.2, -0.15) is 8.42 Å². The van der Waals surface area contributed by atoms with Gasteiger partial charge >= 0.3 is 5.97 Å². The van der Waals surface area contributed by atoms with Crippen LogP contribution in [0, 0.1) is 12.7 Å². The molecule has 1 atom stereocenters. The quantitative estimate of drug-likeness (QED) is 0.429. The number of carboxylic acids is 1. The van der Waals surface area contributed by atoms with Crippen LogP contribution in [0.5, 0.6) is 5.75 Å². The molecule has 4 rings (SSSR count). The third kappa shape index (κ3) is 5.30. The summed E-state index contributed by atoms with van der Waals surface area (Å²) in [6, 6.07) is 7.10. The lowest BCUT2D eigenvalue weighted by Crippen LogP contribution is -2.36. The van der Waals surface area contributed by atoms with Gasteiger partial charge in [0.15, 0.2) is 0 Å². The van der Waals surface area contributed by atoms with Crippen LogP contribution in [0.25, 0.3) is 0 Å². The van der Waals surface area contributed by atoms with E-state index in [4.69, 9.17) is 9.84 Å². The van der Waals surface area contributed by atoms with E-state index in [1.54, 1.807) is 24.4 Å². The summed E-state index contributed by atoms with van der Waals surface area (Å²) in [6.45, 7) is 2.38. The molecule has 1 aromatic heterocycles. The van der Waals surface area contributed by atoms with E-state index in [-0.39, 0.29) is 22.4 Å². The van der Waals surface area contributed by atoms with E-state index in [1.807, 2.05) is 0 Å². The van der Waals surface area contributed by atoms with Gasteiger partial charge in [-0.05, 0) is 74.1 Å². The maximum Gasteiger partial charge on any atom is 0.338 e. The molecule has 7 nitrogen and oxygen atoms in total. The molecule has 0 bridgehead atoms. The van der Waals surface area contributed by atoms with Gasteiger partial charge < -0.3 is 9.84 Å². The molecule has 0 saturated carbocycles. The van der Waals surface area contributed by atoms with E-state index in [0.717, 1.165) is 58.2 Å². The summed E-state index contributed by atoms with van der Waals surface area (Å²) in [6.07, 6.45) is 0.994. The minimum absolute atomic E-state index is 0.141. The summed E-state index contributed by atoms with van der Waals surface area (Å²) in [4.78, 5) is 15.2. The first-order valence-corrected chi connectivity index (χ1v) is 13.3. The van der Waals surface area contributed by atoms with Crippen LogP contribution in [0.15, 0.2) is 40.1 Å². The van der Waals surface area contributed by atoms with Gasteiger partial charge in [0.2, 0.25) is 4.34 Å². The SMILES string of the molecule is Cc1csc(S(=O)(=O)N(C[C@@H](C)F)c2cc3c(cc2OCc2ccc(C(=O)O)c(F)c2)CCC3)n1. The number of benzene rings is 2. The zero-order chi connectivity index (χ0) is 25.3. The summed E-state index contributed by atoms with van der Waals surface area (Å²) < 4.78 is 62.2. The summed E-state index contributed by atoms with van der Waals surface area (Å²) in [5.74, 6) is -2.07. The van der Waals surface area contributed by atoms with Gasteiger partial charge in [-0.25, -0.2) is 18.6 Å². The van der Waals surface area contributed by atoms with Gasteiger partial charge in [0.05, 0.1) is 17.8 Å². The standard InChI is InChI=1S/C24H24F2N2O5S2/c1-14(25)11-28(35(31,32)24-27-15(2)13-34-24)21-9-17-4-3-5-18(17)10-22(21)33-12-16-6-7-19(23(29)30)20(26)8-16/h6-10,13-14H,3-5,11-12H2,1-2H3,(H,29,30)/t14-/m1/s1. The largest absolute Gasteiger partial charge is 0.487 e. The van der Waals surface area contributed by atoms with Crippen molar-refractivity contribution >= 4 is 33.0 Å². The van der Waals surface area contributed by atoms with E-state index in [9.17, 15) is 22.0 Å². The van der Waals surface area contributed by atoms with Crippen molar-refractivity contribution < 1.29 is 31.8 Å². The molecule has 35 heavy (non-hydrogen) atoms. The minimum Gasteiger partial charge on any atom is -0.487 e. The van der Waals surface area contributed by atoms with Crippen LogP contribution in [0.2, 0.25) is 0 Å². The number of hydrogen-bond donors (Lipinski definition) is 1. The van der Waals surface area contributed by atoms with Crippen LogP contribution >= 0.6 is 11.3 Å². The monoisotopic (exact) mass is 522 g/mol. The predicted octanol–water partition coefficient (Wildman–Crippen LogP) is 4.91. The molecule has 2 aromatic carbocycles. The average molecular weight is 523 g/mol. The Bertz CT molecular complexity index is 1370. The van der Waals surface area contributed by atoms with Gasteiger partial charge in [-0.15, -0.1) is 11.3 Å². The van der Waals surface area contributed by atoms with Crippen molar-refractivity contribution in [1.82, 2.24) is 4.98 Å². The Morgan fingerprint density at radius 2 is 1.97 bits per heavy atom. The van der Waals surface area contributed by atoms with E-state index < -0.39 is 40.1 Å². The van der Waals surface area contributed by atoms with Crippen molar-refractivity contribution in [3.63, 3.8) is 0 Å². The molecule has 1 heterocycles. The fraction of sp³-hybridized carbons (Fsp3) is 0.333. The number of halogens is 2. The van der Waals surface area contributed by atoms with Crippen LogP contribution in [-0.4, -0.2) is 37.2 Å². The first kappa shape index (κ1) is 25.1. The summed E-state index contributed by atoms with van der Waals surface area (Å²) >= 11 is 0.960. The smallest absolute Gasteiger partial charge is 0.338 e. The lowest BCUT2D eigenvalue weighted by atomic mass is 10.1. The average Bonchev–Trinajstić information content (AvgIpc) is 3.43. The van der Waals surface area contributed by atoms with E-state index >= 15 is 0 Å². The molecule has 1 N–H and O–H groups in total. The molecule has 0 spiro atoms. The van der Waals surface area contributed by atoms with Crippen molar-refractivity contribution in [2.24, 2.45) is 0 Å². The minimum atomic E-state index is -4.18. The Labute approximate surface area is 206 Å². The second kappa shape index (κ2) is 9.90. The Kier molecular flexibility index (Phi) is 7.09. The van der Waals surface area contributed by atoms with E-state index in [0.29, 0.717) is 11.3 Å². The number of ether oxygens (including phenoxy) is 1. The number of aromatic carboxylic acids is 1. The van der Waals surface area contributed by atoms with Gasteiger partial charge in [-0.1, -0.05) is 6.07 Å². The first-order chi connectivity index (χ1) is 16.6. The molecule has 1 aliphatic rings. The highest BCUT2D eigenvalue weighted by Gasteiger charge is 2.32. The maximum absolute atomic E-state index is 14.2. The Morgan fingerprint density at radius 3 is 2.57 bits per heavy atom. The van der Waals surface area contributed by atoms with Crippen molar-refractivity contribution in [3.8, 4) is 5.75 Å². The first-order valence-electron chi connectivity index (χ1n) is 11.0. The molecule has 186 valence electrons. The zero-order valence-corrected chi connectivity index (χ0v) is 20.8. The van der Waals surface area contributed by atoms with Crippen LogP contribution in [-0.2, 0) is 29.5 Å². The molecular formula is C24H24F2N2O5S2. The van der Waals surface area contributed by atoms with Crippen LogP contribution in [0.1, 0.15) is 46.1 Å². The molecule has 0 aliphatic heterocycles. The second-order valence-electron chi connectivity index (χ2n) is 8.42. The number of anilines is 1. The summed E-state index contributed by atoms with van der Waals surface area (Å²) in [5.41, 5.74) is 2.60. The third-order valence-corrected chi connectivity index (χ3v) is 8.76. The number of aryl methyl sites for hydroxylation is 3. The predicted molar refractivity (Wildman–Crippen MR) is 128 cm³/mol. The summed E-state index contributed by atoms with van der Waals surface area (Å²) in [7, 11) is -4.18. The fourth-order valence-electron chi connectivity index (χ4n) is 3.98. The number of aromatic nitrogens is 1. The van der Waals surface area contributed by atoms with Crippen molar-refractivity contribution in [2.45, 2.75) is 50.2 Å². The van der Waals surface area contributed by atoms with E-state index in [1.165, 1.54) is 13.0 Å². The van der Waals surface area contributed by atoms with Crippen molar-refractivity contribution in [2.75, 3.05) is 10.8 Å². The number of hydrogen-bond acceptors (Lipinski definition) is 6. The Morgan fingerprint density at radius 1 is 1.26 bits per heavy atom. The highest BCUT2D eigenvalue weighted by atomic mass is 32.2. The number of carboxylic acid groups (broad SMARTS) is 1. The molecule has 1 aliphatic carbocycles. The van der Waals surface area contributed by atoms with Crippen molar-refractivity contribution in [1.29, 1.82) is 0 Å². The number of sulfonamides is 1. The lowest BCUT2D eigenvalue weighted by Gasteiger charge is -2.27. The lowest BCUT2D eigenvalue weighted by molar-refractivity contribution is 0.0691.